The molecule has 1 spiro atoms. The van der Waals surface area contributed by atoms with Crippen LogP contribution in [0, 0.1) is 5.92 Å². The highest BCUT2D eigenvalue weighted by molar-refractivity contribution is 6.30. The van der Waals surface area contributed by atoms with E-state index < -0.39 is 5.72 Å². The van der Waals surface area contributed by atoms with Gasteiger partial charge in [0.15, 0.2) is 0 Å². The van der Waals surface area contributed by atoms with Crippen LogP contribution in [0.3, 0.4) is 0 Å². The van der Waals surface area contributed by atoms with Gasteiger partial charge in [-0.1, -0.05) is 60.1 Å². The number of carbonyl (C=O) groups is 2. The molecule has 0 aromatic heterocycles. The number of nitrogens with zero attached hydrogens (tertiary/aromatic N) is 1. The van der Waals surface area contributed by atoms with E-state index in [0.29, 0.717) is 23.4 Å². The van der Waals surface area contributed by atoms with E-state index in [1.165, 1.54) is 0 Å². The van der Waals surface area contributed by atoms with Crippen molar-refractivity contribution in [2.45, 2.75) is 25.0 Å². The Kier molecular flexibility index (Phi) is 4.59. The second-order valence-corrected chi connectivity index (χ2v) is 8.23. The summed E-state index contributed by atoms with van der Waals surface area (Å²) in [6, 6.07) is 24.5. The summed E-state index contributed by atoms with van der Waals surface area (Å²) >= 11 is 5.98. The Morgan fingerprint density at radius 1 is 0.933 bits per heavy atom. The van der Waals surface area contributed by atoms with E-state index >= 15 is 0 Å². The van der Waals surface area contributed by atoms with Crippen molar-refractivity contribution in [3.8, 4) is 0 Å². The number of carbonyl (C=O) groups excluding carboxylic acids is 2. The number of fused-ring (bicyclic) bond motifs is 2. The lowest BCUT2D eigenvalue weighted by atomic mass is 9.91. The molecule has 2 aliphatic rings. The maximum absolute atomic E-state index is 13.6. The molecule has 2 atom stereocenters. The average Bonchev–Trinajstić information content (AvgIpc) is 3.21. The first-order chi connectivity index (χ1) is 14.6. The van der Waals surface area contributed by atoms with E-state index in [1.54, 1.807) is 11.0 Å². The Morgan fingerprint density at radius 2 is 1.63 bits per heavy atom. The minimum atomic E-state index is -1.09. The molecule has 150 valence electrons. The third-order valence-electron chi connectivity index (χ3n) is 5.99. The van der Waals surface area contributed by atoms with Crippen LogP contribution in [0.15, 0.2) is 78.9 Å². The summed E-state index contributed by atoms with van der Waals surface area (Å²) in [6.45, 7) is 0. The standard InChI is InChI=1S/C25H20ClNO3/c26-19-14-11-17(12-15-19)10-13-18-16-25(22-9-5-4-8-21(22)24(29)30-25)27(23(18)28)20-6-2-1-3-7-20/h1-9,11-12,14-15,18H,10,13,16H2/t18-,25-/m0/s1. The largest absolute Gasteiger partial charge is 0.430 e. The maximum Gasteiger partial charge on any atom is 0.341 e. The van der Waals surface area contributed by atoms with Crippen LogP contribution < -0.4 is 4.90 Å². The molecule has 0 bridgehead atoms. The Hall–Kier alpha value is -3.11. The smallest absolute Gasteiger partial charge is 0.341 e. The number of halogens is 1. The predicted molar refractivity (Wildman–Crippen MR) is 115 cm³/mol. The Morgan fingerprint density at radius 3 is 2.40 bits per heavy atom. The number of hydrogen-bond acceptors (Lipinski definition) is 3. The highest BCUT2D eigenvalue weighted by Gasteiger charge is 2.59. The predicted octanol–water partition coefficient (Wildman–Crippen LogP) is 5.35. The molecule has 30 heavy (non-hydrogen) atoms. The van der Waals surface area contributed by atoms with Crippen molar-refractivity contribution >= 4 is 29.2 Å². The third kappa shape index (κ3) is 2.99. The molecule has 2 aliphatic heterocycles. The summed E-state index contributed by atoms with van der Waals surface area (Å²) in [5.74, 6) is -0.641. The van der Waals surface area contributed by atoms with Crippen molar-refractivity contribution in [1.29, 1.82) is 0 Å². The van der Waals surface area contributed by atoms with E-state index in [2.05, 4.69) is 0 Å². The second-order valence-electron chi connectivity index (χ2n) is 7.79. The minimum absolute atomic E-state index is 0.0142. The molecule has 3 aromatic rings. The summed E-state index contributed by atoms with van der Waals surface area (Å²) in [7, 11) is 0. The number of para-hydroxylation sites is 1. The Bertz CT molecular complexity index is 1110. The lowest BCUT2D eigenvalue weighted by Gasteiger charge is -2.34. The van der Waals surface area contributed by atoms with Gasteiger partial charge in [0.05, 0.1) is 5.56 Å². The minimum Gasteiger partial charge on any atom is -0.430 e. The van der Waals surface area contributed by atoms with Gasteiger partial charge in [0, 0.05) is 28.6 Å². The van der Waals surface area contributed by atoms with Crippen LogP contribution in [0.25, 0.3) is 0 Å². The topological polar surface area (TPSA) is 46.6 Å². The summed E-state index contributed by atoms with van der Waals surface area (Å²) in [4.78, 5) is 27.9. The normalized spacial score (nSPS) is 22.4. The molecular weight excluding hydrogens is 398 g/mol. The summed E-state index contributed by atoms with van der Waals surface area (Å²) in [5.41, 5.74) is 2.08. The van der Waals surface area contributed by atoms with Gasteiger partial charge in [-0.05, 0) is 48.7 Å². The van der Waals surface area contributed by atoms with Crippen molar-refractivity contribution in [2.24, 2.45) is 5.92 Å². The maximum atomic E-state index is 13.6. The average molecular weight is 418 g/mol. The molecule has 4 nitrogen and oxygen atoms in total. The number of benzene rings is 3. The van der Waals surface area contributed by atoms with E-state index in [1.807, 2.05) is 72.8 Å². The van der Waals surface area contributed by atoms with Crippen LogP contribution in [0.2, 0.25) is 5.02 Å². The van der Waals surface area contributed by atoms with Crippen LogP contribution >= 0.6 is 11.6 Å². The van der Waals surface area contributed by atoms with Gasteiger partial charge in [0.25, 0.3) is 0 Å². The van der Waals surface area contributed by atoms with Gasteiger partial charge in [-0.2, -0.15) is 0 Å². The van der Waals surface area contributed by atoms with Crippen LogP contribution in [0.5, 0.6) is 0 Å². The van der Waals surface area contributed by atoms with Crippen molar-refractivity contribution in [2.75, 3.05) is 4.90 Å². The van der Waals surface area contributed by atoms with Crippen molar-refractivity contribution < 1.29 is 14.3 Å². The lowest BCUT2D eigenvalue weighted by Crippen LogP contribution is -2.44. The third-order valence-corrected chi connectivity index (χ3v) is 6.24. The van der Waals surface area contributed by atoms with Crippen molar-refractivity contribution in [3.63, 3.8) is 0 Å². The highest BCUT2D eigenvalue weighted by Crippen LogP contribution is 2.51. The quantitative estimate of drug-likeness (QED) is 0.537. The molecule has 5 rings (SSSR count). The first kappa shape index (κ1) is 18.9. The van der Waals surface area contributed by atoms with Crippen LogP contribution in [-0.2, 0) is 21.7 Å². The molecule has 5 heteroatoms. The zero-order valence-corrected chi connectivity index (χ0v) is 17.0. The van der Waals surface area contributed by atoms with Gasteiger partial charge >= 0.3 is 5.97 Å². The molecule has 1 saturated heterocycles. The number of ether oxygens (including phenoxy) is 1. The van der Waals surface area contributed by atoms with Crippen LogP contribution in [0.4, 0.5) is 5.69 Å². The number of anilines is 1. The molecular formula is C25H20ClNO3. The zero-order valence-electron chi connectivity index (χ0n) is 16.3. The van der Waals surface area contributed by atoms with Gasteiger partial charge in [0.2, 0.25) is 11.6 Å². The summed E-state index contributed by atoms with van der Waals surface area (Å²) in [6.07, 6.45) is 1.87. The molecule has 1 amide bonds. The molecule has 0 saturated carbocycles. The zero-order chi connectivity index (χ0) is 20.7. The SMILES string of the molecule is O=C1O[C@@]2(C[C@H](CCc3ccc(Cl)cc3)C(=O)N2c2ccccc2)c2ccccc21. The van der Waals surface area contributed by atoms with Gasteiger partial charge in [-0.25, -0.2) is 4.79 Å². The highest BCUT2D eigenvalue weighted by atomic mass is 35.5. The summed E-state index contributed by atoms with van der Waals surface area (Å²) in [5, 5.41) is 0.694. The number of aryl methyl sites for hydroxylation is 1. The number of amides is 1. The van der Waals surface area contributed by atoms with E-state index in [0.717, 1.165) is 23.2 Å². The molecule has 2 heterocycles. The van der Waals surface area contributed by atoms with Gasteiger partial charge in [-0.3, -0.25) is 9.69 Å². The van der Waals surface area contributed by atoms with Gasteiger partial charge in [-0.15, -0.1) is 0 Å². The Labute approximate surface area is 180 Å². The van der Waals surface area contributed by atoms with Crippen molar-refractivity contribution in [1.82, 2.24) is 0 Å². The van der Waals surface area contributed by atoms with E-state index in [9.17, 15) is 9.59 Å². The number of rotatable bonds is 4. The second kappa shape index (κ2) is 7.29. The van der Waals surface area contributed by atoms with Gasteiger partial charge in [0.1, 0.15) is 0 Å². The Balaban J connectivity index is 1.52. The molecule has 3 aromatic carbocycles. The number of hydrogen-bond donors (Lipinski definition) is 0. The van der Waals surface area contributed by atoms with Gasteiger partial charge < -0.3 is 4.74 Å². The van der Waals surface area contributed by atoms with Crippen LogP contribution in [-0.4, -0.2) is 11.9 Å². The van der Waals surface area contributed by atoms with E-state index in [-0.39, 0.29) is 17.8 Å². The van der Waals surface area contributed by atoms with E-state index in [4.69, 9.17) is 16.3 Å². The summed E-state index contributed by atoms with van der Waals surface area (Å²) < 4.78 is 5.96. The van der Waals surface area contributed by atoms with Crippen LogP contribution in [0.1, 0.15) is 34.3 Å². The lowest BCUT2D eigenvalue weighted by molar-refractivity contribution is -0.121. The number of esters is 1. The molecule has 0 radical (unpaired) electrons. The fraction of sp³-hybridized carbons (Fsp3) is 0.200. The first-order valence-corrected chi connectivity index (χ1v) is 10.4. The first-order valence-electron chi connectivity index (χ1n) is 10.0. The fourth-order valence-electron chi connectivity index (χ4n) is 4.59. The monoisotopic (exact) mass is 417 g/mol. The fourth-order valence-corrected chi connectivity index (χ4v) is 4.71. The molecule has 0 aliphatic carbocycles. The molecule has 0 unspecified atom stereocenters. The van der Waals surface area contributed by atoms with Crippen molar-refractivity contribution in [3.05, 3.63) is 101 Å². The molecule has 1 fully saturated rings. The molecule has 0 N–H and O–H groups in total.